The summed E-state index contributed by atoms with van der Waals surface area (Å²) in [6, 6.07) is 7.02. The van der Waals surface area contributed by atoms with E-state index in [4.69, 9.17) is 0 Å². The second-order valence-corrected chi connectivity index (χ2v) is 9.60. The molecule has 154 valence electrons. The van der Waals surface area contributed by atoms with E-state index in [2.05, 4.69) is 22.0 Å². The quantitative estimate of drug-likeness (QED) is 0.632. The molecule has 1 aromatic rings. The van der Waals surface area contributed by atoms with Crippen LogP contribution in [0.25, 0.3) is 0 Å². The van der Waals surface area contributed by atoms with Gasteiger partial charge >= 0.3 is 0 Å². The Kier molecular flexibility index (Phi) is 5.61. The third-order valence-corrected chi connectivity index (χ3v) is 7.58. The van der Waals surface area contributed by atoms with Crippen LogP contribution >= 0.6 is 0 Å². The number of non-ortho nitro benzene ring substituents is 1. The van der Waals surface area contributed by atoms with Crippen LogP contribution in [0.3, 0.4) is 0 Å². The first-order chi connectivity index (χ1) is 13.5. The fourth-order valence-electron chi connectivity index (χ4n) is 5.43. The number of piperidine rings is 3. The predicted octanol–water partition coefficient (Wildman–Crippen LogP) is 3.67. The van der Waals surface area contributed by atoms with Gasteiger partial charge in [0.2, 0.25) is 0 Å². The second-order valence-electron chi connectivity index (χ2n) is 9.60. The summed E-state index contributed by atoms with van der Waals surface area (Å²) in [5.41, 5.74) is 2.29. The number of likely N-dealkylation sites (tertiary alicyclic amines) is 1. The average molecular weight is 387 g/mol. The lowest BCUT2D eigenvalue weighted by Crippen LogP contribution is -2.50. The van der Waals surface area contributed by atoms with Crippen molar-refractivity contribution in [3.8, 4) is 0 Å². The van der Waals surface area contributed by atoms with E-state index in [0.29, 0.717) is 10.8 Å². The zero-order valence-electron chi connectivity index (χ0n) is 17.2. The first-order valence-electron chi connectivity index (χ1n) is 10.9. The maximum atomic E-state index is 10.8. The predicted molar refractivity (Wildman–Crippen MR) is 113 cm³/mol. The van der Waals surface area contributed by atoms with Crippen LogP contribution in [0.2, 0.25) is 0 Å². The molecule has 6 heteroatoms. The Morgan fingerprint density at radius 2 is 1.57 bits per heavy atom. The third kappa shape index (κ3) is 4.33. The van der Waals surface area contributed by atoms with Crippen LogP contribution in [0.15, 0.2) is 24.3 Å². The number of rotatable bonds is 4. The van der Waals surface area contributed by atoms with Gasteiger partial charge in [-0.3, -0.25) is 10.1 Å². The highest BCUT2D eigenvalue weighted by Gasteiger charge is 2.38. The highest BCUT2D eigenvalue weighted by Crippen LogP contribution is 2.41. The zero-order chi connectivity index (χ0) is 19.6. The number of hydrogen-bond donors (Lipinski definition) is 1. The van der Waals surface area contributed by atoms with Gasteiger partial charge in [0.1, 0.15) is 0 Å². The molecule has 1 aromatic carbocycles. The zero-order valence-corrected chi connectivity index (χ0v) is 17.2. The molecule has 0 unspecified atom stereocenters. The molecule has 0 aromatic heterocycles. The molecule has 3 heterocycles. The SMILES string of the molecule is CC1(CN2CCC3(CCNCC3)CC2)CCN(c2ccc([N+](=O)[O-])cc2)CC1. The fourth-order valence-corrected chi connectivity index (χ4v) is 5.43. The fraction of sp³-hybridized carbons (Fsp3) is 0.727. The molecular formula is C22H34N4O2. The molecule has 3 fully saturated rings. The molecule has 0 amide bonds. The minimum Gasteiger partial charge on any atom is -0.371 e. The lowest BCUT2D eigenvalue weighted by atomic mass is 9.71. The Hall–Kier alpha value is -1.66. The van der Waals surface area contributed by atoms with Crippen molar-refractivity contribution in [2.24, 2.45) is 10.8 Å². The average Bonchev–Trinajstić information content (AvgIpc) is 2.71. The van der Waals surface area contributed by atoms with Crippen LogP contribution in [0, 0.1) is 20.9 Å². The number of nitrogens with one attached hydrogen (secondary N) is 1. The standard InChI is InChI=1S/C22H34N4O2/c1-21(18-24-14-10-22(11-15-24)6-12-23-13-7-22)8-16-25(17-9-21)19-2-4-20(5-3-19)26(27)28/h2-5,23H,6-18H2,1H3. The van der Waals surface area contributed by atoms with Crippen LogP contribution in [0.4, 0.5) is 11.4 Å². The smallest absolute Gasteiger partial charge is 0.269 e. The van der Waals surface area contributed by atoms with Crippen LogP contribution in [0.5, 0.6) is 0 Å². The van der Waals surface area contributed by atoms with Gasteiger partial charge in [0.25, 0.3) is 5.69 Å². The van der Waals surface area contributed by atoms with Crippen molar-refractivity contribution in [2.45, 2.75) is 45.4 Å². The van der Waals surface area contributed by atoms with Gasteiger partial charge in [-0.25, -0.2) is 0 Å². The van der Waals surface area contributed by atoms with E-state index in [9.17, 15) is 10.1 Å². The number of anilines is 1. The van der Waals surface area contributed by atoms with E-state index in [1.165, 1.54) is 71.2 Å². The Morgan fingerprint density at radius 1 is 0.964 bits per heavy atom. The van der Waals surface area contributed by atoms with Gasteiger partial charge in [-0.2, -0.15) is 0 Å². The van der Waals surface area contributed by atoms with Crippen LogP contribution in [0.1, 0.15) is 45.4 Å². The summed E-state index contributed by atoms with van der Waals surface area (Å²) < 4.78 is 0. The van der Waals surface area contributed by atoms with E-state index >= 15 is 0 Å². The Bertz CT molecular complexity index is 666. The Labute approximate surface area is 168 Å². The van der Waals surface area contributed by atoms with Gasteiger partial charge in [-0.1, -0.05) is 6.92 Å². The van der Waals surface area contributed by atoms with Crippen molar-refractivity contribution in [1.29, 1.82) is 0 Å². The Balaban J connectivity index is 1.27. The first-order valence-corrected chi connectivity index (χ1v) is 10.9. The number of nitro benzene ring substituents is 1. The molecule has 0 saturated carbocycles. The summed E-state index contributed by atoms with van der Waals surface area (Å²) in [6.07, 6.45) is 7.86. The monoisotopic (exact) mass is 386 g/mol. The third-order valence-electron chi connectivity index (χ3n) is 7.58. The number of nitrogens with zero attached hydrogens (tertiary/aromatic N) is 3. The molecule has 3 aliphatic rings. The molecule has 0 bridgehead atoms. The lowest BCUT2D eigenvalue weighted by molar-refractivity contribution is -0.384. The number of hydrogen-bond acceptors (Lipinski definition) is 5. The van der Waals surface area contributed by atoms with Crippen LogP contribution in [-0.4, -0.2) is 55.6 Å². The number of nitro groups is 1. The minimum atomic E-state index is -0.330. The lowest BCUT2D eigenvalue weighted by Gasteiger charge is -2.48. The van der Waals surface area contributed by atoms with E-state index in [0.717, 1.165) is 18.8 Å². The maximum absolute atomic E-state index is 10.8. The Morgan fingerprint density at radius 3 is 2.14 bits per heavy atom. The van der Waals surface area contributed by atoms with Gasteiger partial charge in [0, 0.05) is 37.5 Å². The van der Waals surface area contributed by atoms with Gasteiger partial charge < -0.3 is 15.1 Å². The molecule has 0 radical (unpaired) electrons. The number of benzene rings is 1. The van der Waals surface area contributed by atoms with Crippen molar-refractivity contribution in [2.75, 3.05) is 50.7 Å². The van der Waals surface area contributed by atoms with Gasteiger partial charge in [-0.05, 0) is 87.7 Å². The first kappa shape index (κ1) is 19.6. The molecule has 3 saturated heterocycles. The summed E-state index contributed by atoms with van der Waals surface area (Å²) in [6.45, 7) is 10.7. The van der Waals surface area contributed by atoms with Gasteiger partial charge in [0.15, 0.2) is 0 Å². The highest BCUT2D eigenvalue weighted by molar-refractivity contribution is 5.51. The molecule has 3 aliphatic heterocycles. The molecule has 1 N–H and O–H groups in total. The van der Waals surface area contributed by atoms with Crippen molar-refractivity contribution >= 4 is 11.4 Å². The van der Waals surface area contributed by atoms with Crippen LogP contribution in [-0.2, 0) is 0 Å². The molecule has 6 nitrogen and oxygen atoms in total. The molecular weight excluding hydrogens is 352 g/mol. The summed E-state index contributed by atoms with van der Waals surface area (Å²) >= 11 is 0. The second kappa shape index (κ2) is 7.99. The van der Waals surface area contributed by atoms with Crippen molar-refractivity contribution in [1.82, 2.24) is 10.2 Å². The van der Waals surface area contributed by atoms with Crippen LogP contribution < -0.4 is 10.2 Å². The van der Waals surface area contributed by atoms with E-state index in [-0.39, 0.29) is 10.6 Å². The van der Waals surface area contributed by atoms with Gasteiger partial charge in [0.05, 0.1) is 4.92 Å². The van der Waals surface area contributed by atoms with Crippen molar-refractivity contribution in [3.05, 3.63) is 34.4 Å². The molecule has 0 aliphatic carbocycles. The molecule has 4 rings (SSSR count). The minimum absolute atomic E-state index is 0.169. The summed E-state index contributed by atoms with van der Waals surface area (Å²) in [4.78, 5) is 15.6. The van der Waals surface area contributed by atoms with Gasteiger partial charge in [-0.15, -0.1) is 0 Å². The van der Waals surface area contributed by atoms with E-state index < -0.39 is 0 Å². The van der Waals surface area contributed by atoms with E-state index in [1.807, 2.05) is 12.1 Å². The highest BCUT2D eigenvalue weighted by atomic mass is 16.6. The van der Waals surface area contributed by atoms with Crippen molar-refractivity contribution < 1.29 is 4.92 Å². The summed E-state index contributed by atoms with van der Waals surface area (Å²) in [5.74, 6) is 0. The summed E-state index contributed by atoms with van der Waals surface area (Å²) in [5, 5.41) is 14.4. The molecule has 28 heavy (non-hydrogen) atoms. The summed E-state index contributed by atoms with van der Waals surface area (Å²) in [7, 11) is 0. The topological polar surface area (TPSA) is 61.6 Å². The normalized spacial score (nSPS) is 25.0. The molecule has 1 spiro atoms. The maximum Gasteiger partial charge on any atom is 0.269 e. The van der Waals surface area contributed by atoms with Crippen molar-refractivity contribution in [3.63, 3.8) is 0 Å². The largest absolute Gasteiger partial charge is 0.371 e. The van der Waals surface area contributed by atoms with E-state index in [1.54, 1.807) is 12.1 Å². The molecule has 0 atom stereocenters.